The molecule has 2 nitrogen and oxygen atoms in total. The van der Waals surface area contributed by atoms with Crippen LogP contribution in [-0.2, 0) is 11.8 Å². The van der Waals surface area contributed by atoms with Gasteiger partial charge in [-0.1, -0.05) is 35.9 Å². The first-order valence-electron chi connectivity index (χ1n) is 5.71. The Bertz CT molecular complexity index is 575. The van der Waals surface area contributed by atoms with Gasteiger partial charge in [-0.15, -0.1) is 0 Å². The molecule has 0 saturated carbocycles. The third-order valence-electron chi connectivity index (χ3n) is 3.00. The third-order valence-corrected chi connectivity index (χ3v) is 3.33. The van der Waals surface area contributed by atoms with Gasteiger partial charge in [0.25, 0.3) is 0 Å². The number of aromatic nitrogens is 1. The number of hydrogen-bond acceptors (Lipinski definition) is 2. The third kappa shape index (κ3) is 2.52. The van der Waals surface area contributed by atoms with Crippen LogP contribution in [0.3, 0.4) is 0 Å². The number of pyridine rings is 1. The summed E-state index contributed by atoms with van der Waals surface area (Å²) < 4.78 is 0. The van der Waals surface area contributed by atoms with Crippen molar-refractivity contribution in [2.45, 2.75) is 18.8 Å². The molecule has 2 aromatic rings. The maximum atomic E-state index is 9.50. The lowest BCUT2D eigenvalue weighted by molar-refractivity contribution is 0.605. The zero-order valence-corrected chi connectivity index (χ0v) is 10.9. The van der Waals surface area contributed by atoms with E-state index in [2.05, 4.69) is 11.1 Å². The molecule has 0 aliphatic rings. The Morgan fingerprint density at radius 1 is 1.28 bits per heavy atom. The minimum atomic E-state index is -0.638. The standard InChI is InChI=1S/C15H13ClN2/c1-15(11-17,9-12-5-4-8-18-10-12)13-6-2-3-7-14(13)16/h2-8,10H,9H2,1H3. The summed E-state index contributed by atoms with van der Waals surface area (Å²) in [5, 5.41) is 10.1. The van der Waals surface area contributed by atoms with Crippen LogP contribution >= 0.6 is 11.6 Å². The van der Waals surface area contributed by atoms with Crippen molar-refractivity contribution in [2.75, 3.05) is 0 Å². The van der Waals surface area contributed by atoms with Gasteiger partial charge in [0.05, 0.1) is 11.5 Å². The molecule has 2 rings (SSSR count). The molecule has 90 valence electrons. The molecule has 18 heavy (non-hydrogen) atoms. The van der Waals surface area contributed by atoms with Crippen molar-refractivity contribution in [3.05, 3.63) is 64.9 Å². The molecular formula is C15H13ClN2. The predicted molar refractivity (Wildman–Crippen MR) is 72.4 cm³/mol. The van der Waals surface area contributed by atoms with Crippen LogP contribution in [0.1, 0.15) is 18.1 Å². The maximum absolute atomic E-state index is 9.50. The van der Waals surface area contributed by atoms with Gasteiger partial charge in [-0.3, -0.25) is 4.98 Å². The van der Waals surface area contributed by atoms with Gasteiger partial charge in [-0.05, 0) is 36.6 Å². The lowest BCUT2D eigenvalue weighted by atomic mass is 9.79. The molecule has 0 spiro atoms. The molecule has 0 bridgehead atoms. The van der Waals surface area contributed by atoms with Gasteiger partial charge in [0.1, 0.15) is 0 Å². The molecule has 1 atom stereocenters. The van der Waals surface area contributed by atoms with Crippen LogP contribution in [0, 0.1) is 11.3 Å². The van der Waals surface area contributed by atoms with Crippen LogP contribution in [0.25, 0.3) is 0 Å². The van der Waals surface area contributed by atoms with Crippen LogP contribution in [0.2, 0.25) is 5.02 Å². The van der Waals surface area contributed by atoms with Crippen LogP contribution in [0.15, 0.2) is 48.8 Å². The largest absolute Gasteiger partial charge is 0.264 e. The van der Waals surface area contributed by atoms with Gasteiger partial charge in [-0.25, -0.2) is 0 Å². The fraction of sp³-hybridized carbons (Fsp3) is 0.200. The first-order valence-corrected chi connectivity index (χ1v) is 6.09. The number of hydrogen-bond donors (Lipinski definition) is 0. The molecule has 0 amide bonds. The van der Waals surface area contributed by atoms with Crippen LogP contribution < -0.4 is 0 Å². The summed E-state index contributed by atoms with van der Waals surface area (Å²) in [6.45, 7) is 1.90. The fourth-order valence-corrected chi connectivity index (χ4v) is 2.36. The maximum Gasteiger partial charge on any atom is 0.0849 e. The second-order valence-electron chi connectivity index (χ2n) is 4.46. The number of rotatable bonds is 3. The van der Waals surface area contributed by atoms with Crippen LogP contribution in [0.4, 0.5) is 0 Å². The summed E-state index contributed by atoms with van der Waals surface area (Å²) in [5.41, 5.74) is 1.25. The van der Waals surface area contributed by atoms with E-state index in [1.54, 1.807) is 12.4 Å². The second kappa shape index (κ2) is 5.20. The van der Waals surface area contributed by atoms with E-state index >= 15 is 0 Å². The molecule has 1 unspecified atom stereocenters. The molecule has 1 heterocycles. The second-order valence-corrected chi connectivity index (χ2v) is 4.87. The van der Waals surface area contributed by atoms with Gasteiger partial charge in [0, 0.05) is 17.4 Å². The highest BCUT2D eigenvalue weighted by atomic mass is 35.5. The van der Waals surface area contributed by atoms with Crippen molar-refractivity contribution in [3.8, 4) is 6.07 Å². The fourth-order valence-electron chi connectivity index (χ4n) is 2.01. The van der Waals surface area contributed by atoms with E-state index in [1.807, 2.05) is 43.3 Å². The number of nitrogens with zero attached hydrogens (tertiary/aromatic N) is 2. The zero-order chi connectivity index (χ0) is 13.0. The molecule has 0 radical (unpaired) electrons. The van der Waals surface area contributed by atoms with Crippen molar-refractivity contribution in [1.82, 2.24) is 4.98 Å². The zero-order valence-electron chi connectivity index (χ0n) is 10.1. The minimum Gasteiger partial charge on any atom is -0.264 e. The van der Waals surface area contributed by atoms with Crippen molar-refractivity contribution in [1.29, 1.82) is 5.26 Å². The molecular weight excluding hydrogens is 244 g/mol. The summed E-state index contributed by atoms with van der Waals surface area (Å²) in [4.78, 5) is 4.08. The van der Waals surface area contributed by atoms with Gasteiger partial charge in [0.2, 0.25) is 0 Å². The van der Waals surface area contributed by atoms with Gasteiger partial charge in [0.15, 0.2) is 0 Å². The lowest BCUT2D eigenvalue weighted by Crippen LogP contribution is -2.23. The summed E-state index contributed by atoms with van der Waals surface area (Å²) in [6, 6.07) is 13.7. The highest BCUT2D eigenvalue weighted by molar-refractivity contribution is 6.31. The van der Waals surface area contributed by atoms with E-state index in [0.717, 1.165) is 11.1 Å². The molecule has 0 fully saturated rings. The quantitative estimate of drug-likeness (QED) is 0.838. The highest BCUT2D eigenvalue weighted by Gasteiger charge is 2.28. The molecule has 1 aromatic carbocycles. The van der Waals surface area contributed by atoms with Gasteiger partial charge in [-0.2, -0.15) is 5.26 Å². The van der Waals surface area contributed by atoms with Gasteiger partial charge < -0.3 is 0 Å². The van der Waals surface area contributed by atoms with E-state index in [4.69, 9.17) is 11.6 Å². The van der Waals surface area contributed by atoms with E-state index in [0.29, 0.717) is 11.4 Å². The topological polar surface area (TPSA) is 36.7 Å². The molecule has 0 aliphatic heterocycles. The number of halogens is 1. The van der Waals surface area contributed by atoms with Gasteiger partial charge >= 0.3 is 0 Å². The normalized spacial score (nSPS) is 13.6. The summed E-state index contributed by atoms with van der Waals surface area (Å²) >= 11 is 6.19. The van der Waals surface area contributed by atoms with Crippen molar-refractivity contribution < 1.29 is 0 Å². The summed E-state index contributed by atoms with van der Waals surface area (Å²) in [5.74, 6) is 0. The number of benzene rings is 1. The molecule has 0 aliphatic carbocycles. The molecule has 0 saturated heterocycles. The first-order chi connectivity index (χ1) is 8.65. The summed E-state index contributed by atoms with van der Waals surface area (Å²) in [7, 11) is 0. The first kappa shape index (κ1) is 12.6. The monoisotopic (exact) mass is 256 g/mol. The van der Waals surface area contributed by atoms with E-state index in [-0.39, 0.29) is 0 Å². The van der Waals surface area contributed by atoms with Crippen LogP contribution in [0.5, 0.6) is 0 Å². The highest BCUT2D eigenvalue weighted by Crippen LogP contribution is 2.32. The molecule has 1 aromatic heterocycles. The van der Waals surface area contributed by atoms with E-state index < -0.39 is 5.41 Å². The number of nitriles is 1. The summed E-state index contributed by atoms with van der Waals surface area (Å²) in [6.07, 6.45) is 4.11. The Labute approximate surface area is 112 Å². The average molecular weight is 257 g/mol. The van der Waals surface area contributed by atoms with Crippen molar-refractivity contribution >= 4 is 11.6 Å². The average Bonchev–Trinajstić information content (AvgIpc) is 2.40. The minimum absolute atomic E-state index is 0.598. The molecule has 0 N–H and O–H groups in total. The van der Waals surface area contributed by atoms with Crippen molar-refractivity contribution in [2.24, 2.45) is 0 Å². The Morgan fingerprint density at radius 3 is 2.67 bits per heavy atom. The molecule has 3 heteroatoms. The lowest BCUT2D eigenvalue weighted by Gasteiger charge is -2.23. The Morgan fingerprint density at radius 2 is 2.06 bits per heavy atom. The Hall–Kier alpha value is -1.85. The van der Waals surface area contributed by atoms with Crippen LogP contribution in [-0.4, -0.2) is 4.98 Å². The van der Waals surface area contributed by atoms with E-state index in [1.165, 1.54) is 0 Å². The Kier molecular flexibility index (Phi) is 3.64. The Balaban J connectivity index is 2.38. The SMILES string of the molecule is CC(C#N)(Cc1cccnc1)c1ccccc1Cl. The predicted octanol–water partition coefficient (Wildman–Crippen LogP) is 3.76. The smallest absolute Gasteiger partial charge is 0.0849 e. The van der Waals surface area contributed by atoms with E-state index in [9.17, 15) is 5.26 Å². The van der Waals surface area contributed by atoms with Crippen molar-refractivity contribution in [3.63, 3.8) is 0 Å².